The minimum atomic E-state index is 0.824. The van der Waals surface area contributed by atoms with Gasteiger partial charge in [-0.1, -0.05) is 158 Å². The number of rotatable bonds is 6. The number of benzene rings is 9. The number of hydrogen-bond donors (Lipinski definition) is 0. The van der Waals surface area contributed by atoms with Crippen LogP contribution in [-0.4, -0.2) is 14.1 Å². The molecule has 13 aromatic rings. The van der Waals surface area contributed by atoms with Crippen LogP contribution in [0.4, 0.5) is 0 Å². The number of nitrogens with zero attached hydrogens (tertiary/aromatic N) is 3. The summed E-state index contributed by atoms with van der Waals surface area (Å²) in [5.74, 6) is 0. The second-order valence-electron chi connectivity index (χ2n) is 16.3. The number of pyridine rings is 1. The highest BCUT2D eigenvalue weighted by Crippen LogP contribution is 2.44. The van der Waals surface area contributed by atoms with Crippen LogP contribution < -0.4 is 0 Å². The monoisotopic (exact) mass is 803 g/mol. The number of fused-ring (bicyclic) bond motifs is 9. The van der Waals surface area contributed by atoms with Gasteiger partial charge in [-0.2, -0.15) is 0 Å². The Balaban J connectivity index is 1.04. The third kappa shape index (κ3) is 5.59. The fraction of sp³-hybridized carbons (Fsp3) is 0. The number of para-hydroxylation sites is 3. The molecule has 0 bridgehead atoms. The molecule has 13 rings (SSSR count). The van der Waals surface area contributed by atoms with Gasteiger partial charge < -0.3 is 13.6 Å². The van der Waals surface area contributed by atoms with E-state index in [4.69, 9.17) is 9.40 Å². The van der Waals surface area contributed by atoms with Gasteiger partial charge in [0.25, 0.3) is 0 Å². The molecule has 0 atom stereocenters. The highest BCUT2D eigenvalue weighted by atomic mass is 16.3. The molecule has 9 aromatic carbocycles. The second-order valence-corrected chi connectivity index (χ2v) is 16.3. The van der Waals surface area contributed by atoms with Crippen molar-refractivity contribution in [2.45, 2.75) is 0 Å². The molecule has 4 heterocycles. The molecule has 0 aliphatic carbocycles. The second kappa shape index (κ2) is 14.1. The Kier molecular flexibility index (Phi) is 7.87. The van der Waals surface area contributed by atoms with Gasteiger partial charge in [-0.05, 0) is 77.4 Å². The van der Waals surface area contributed by atoms with Crippen LogP contribution in [0.15, 0.2) is 229 Å². The predicted octanol–water partition coefficient (Wildman–Crippen LogP) is 15.8. The van der Waals surface area contributed by atoms with Crippen LogP contribution in [0.2, 0.25) is 0 Å². The maximum Gasteiger partial charge on any atom is 0.137 e. The summed E-state index contributed by atoms with van der Waals surface area (Å²) in [6.45, 7) is 0. The van der Waals surface area contributed by atoms with Gasteiger partial charge in [0.2, 0.25) is 0 Å². The minimum absolute atomic E-state index is 0.824. The van der Waals surface area contributed by atoms with E-state index in [1.165, 1.54) is 43.8 Å². The Morgan fingerprint density at radius 1 is 0.317 bits per heavy atom. The average molecular weight is 804 g/mol. The van der Waals surface area contributed by atoms with Gasteiger partial charge in [-0.3, -0.25) is 0 Å². The van der Waals surface area contributed by atoms with Crippen molar-refractivity contribution in [2.75, 3.05) is 0 Å². The summed E-state index contributed by atoms with van der Waals surface area (Å²) in [7, 11) is 0. The molecule has 0 amide bonds. The topological polar surface area (TPSA) is 35.9 Å². The Labute approximate surface area is 363 Å². The van der Waals surface area contributed by atoms with Crippen molar-refractivity contribution in [3.63, 3.8) is 0 Å². The standard InChI is InChI=1S/C59H37N3O/c1-4-17-38(18-5-1)41-33-49(39-19-6-2-7-20-39)59-50(34-41)46-25-12-15-29-55(46)62(59)42-31-32-48-57(37-42)63-56-30-16-26-47(58(48)56)52-36-43(35-51(60-52)40-21-8-3-9-22-40)61-53-27-13-10-23-44(53)45-24-11-14-28-54(45)61/h1-37H. The molecule has 63 heavy (non-hydrogen) atoms. The van der Waals surface area contributed by atoms with Gasteiger partial charge in [-0.15, -0.1) is 0 Å². The Bertz CT molecular complexity index is 3840. The van der Waals surface area contributed by atoms with Gasteiger partial charge in [0.05, 0.1) is 39.1 Å². The molecule has 0 spiro atoms. The van der Waals surface area contributed by atoms with Crippen molar-refractivity contribution in [1.82, 2.24) is 14.1 Å². The van der Waals surface area contributed by atoms with E-state index in [1.54, 1.807) is 0 Å². The Hall–Kier alpha value is -8.47. The Morgan fingerprint density at radius 2 is 0.889 bits per heavy atom. The molecule has 0 aliphatic rings. The largest absolute Gasteiger partial charge is 0.456 e. The third-order valence-corrected chi connectivity index (χ3v) is 12.7. The lowest BCUT2D eigenvalue weighted by Gasteiger charge is -2.14. The first-order chi connectivity index (χ1) is 31.2. The van der Waals surface area contributed by atoms with Crippen LogP contribution in [0.25, 0.3) is 122 Å². The zero-order chi connectivity index (χ0) is 41.4. The summed E-state index contributed by atoms with van der Waals surface area (Å²) < 4.78 is 11.6. The molecule has 0 N–H and O–H groups in total. The third-order valence-electron chi connectivity index (χ3n) is 12.7. The minimum Gasteiger partial charge on any atom is -0.456 e. The summed E-state index contributed by atoms with van der Waals surface area (Å²) in [5, 5.41) is 6.96. The van der Waals surface area contributed by atoms with E-state index in [0.29, 0.717) is 0 Å². The van der Waals surface area contributed by atoms with Crippen LogP contribution in [0.1, 0.15) is 0 Å². The fourth-order valence-corrected chi connectivity index (χ4v) is 9.91. The molecule has 0 fully saturated rings. The molecular formula is C59H37N3O. The quantitative estimate of drug-likeness (QED) is 0.168. The van der Waals surface area contributed by atoms with Gasteiger partial charge in [0.1, 0.15) is 11.2 Å². The number of furan rings is 1. The first-order valence-electron chi connectivity index (χ1n) is 21.5. The lowest BCUT2D eigenvalue weighted by atomic mass is 9.95. The van der Waals surface area contributed by atoms with Crippen molar-refractivity contribution < 1.29 is 4.42 Å². The summed E-state index contributed by atoms with van der Waals surface area (Å²) in [4.78, 5) is 5.42. The van der Waals surface area contributed by atoms with Crippen LogP contribution >= 0.6 is 0 Å². The van der Waals surface area contributed by atoms with Crippen molar-refractivity contribution in [3.05, 3.63) is 224 Å². The highest BCUT2D eigenvalue weighted by molar-refractivity contribution is 6.17. The van der Waals surface area contributed by atoms with Crippen LogP contribution in [0, 0.1) is 0 Å². The SMILES string of the molecule is c1ccc(-c2cc(-c3ccccc3)c3c(c2)c2ccccc2n3-c2ccc3c(c2)oc2cccc(-c4cc(-n5c6ccccc6c6ccccc65)cc(-c5ccccc5)n4)c23)cc1. The normalized spacial score (nSPS) is 11.8. The van der Waals surface area contributed by atoms with Gasteiger partial charge in [-0.25, -0.2) is 4.98 Å². The van der Waals surface area contributed by atoms with E-state index in [1.807, 2.05) is 0 Å². The summed E-state index contributed by atoms with van der Waals surface area (Å²) in [6.07, 6.45) is 0. The fourth-order valence-electron chi connectivity index (χ4n) is 9.91. The van der Waals surface area contributed by atoms with Crippen molar-refractivity contribution in [3.8, 4) is 56.1 Å². The lowest BCUT2D eigenvalue weighted by Crippen LogP contribution is -1.98. The zero-order valence-electron chi connectivity index (χ0n) is 34.1. The zero-order valence-corrected chi connectivity index (χ0v) is 34.1. The summed E-state index contributed by atoms with van der Waals surface area (Å²) in [5.41, 5.74) is 17.0. The van der Waals surface area contributed by atoms with E-state index in [2.05, 4.69) is 234 Å². The molecule has 4 heteroatoms. The molecule has 0 saturated carbocycles. The first-order valence-corrected chi connectivity index (χ1v) is 21.5. The molecule has 0 unspecified atom stereocenters. The molecule has 294 valence electrons. The van der Waals surface area contributed by atoms with E-state index in [0.717, 1.165) is 77.9 Å². The van der Waals surface area contributed by atoms with Crippen molar-refractivity contribution in [2.24, 2.45) is 0 Å². The molecule has 4 nitrogen and oxygen atoms in total. The van der Waals surface area contributed by atoms with Crippen LogP contribution in [0.5, 0.6) is 0 Å². The van der Waals surface area contributed by atoms with E-state index in [9.17, 15) is 0 Å². The van der Waals surface area contributed by atoms with E-state index in [-0.39, 0.29) is 0 Å². The summed E-state index contributed by atoms with van der Waals surface area (Å²) >= 11 is 0. The number of aromatic nitrogens is 3. The average Bonchev–Trinajstić information content (AvgIpc) is 4.02. The van der Waals surface area contributed by atoms with Gasteiger partial charge in [0, 0.05) is 60.8 Å². The van der Waals surface area contributed by atoms with Gasteiger partial charge in [0.15, 0.2) is 0 Å². The summed E-state index contributed by atoms with van der Waals surface area (Å²) in [6, 6.07) is 80.2. The molecule has 0 radical (unpaired) electrons. The molecule has 0 aliphatic heterocycles. The molecule has 0 saturated heterocycles. The maximum absolute atomic E-state index is 6.86. The molecule has 4 aromatic heterocycles. The van der Waals surface area contributed by atoms with Crippen LogP contribution in [-0.2, 0) is 0 Å². The van der Waals surface area contributed by atoms with E-state index < -0.39 is 0 Å². The predicted molar refractivity (Wildman–Crippen MR) is 262 cm³/mol. The lowest BCUT2D eigenvalue weighted by molar-refractivity contribution is 0.668. The molecular weight excluding hydrogens is 767 g/mol. The van der Waals surface area contributed by atoms with Crippen LogP contribution in [0.3, 0.4) is 0 Å². The number of hydrogen-bond acceptors (Lipinski definition) is 2. The Morgan fingerprint density at radius 3 is 1.57 bits per heavy atom. The smallest absolute Gasteiger partial charge is 0.137 e. The van der Waals surface area contributed by atoms with Crippen molar-refractivity contribution in [1.29, 1.82) is 0 Å². The van der Waals surface area contributed by atoms with Gasteiger partial charge >= 0.3 is 0 Å². The highest BCUT2D eigenvalue weighted by Gasteiger charge is 2.22. The maximum atomic E-state index is 6.86. The van der Waals surface area contributed by atoms with E-state index >= 15 is 0 Å². The van der Waals surface area contributed by atoms with Crippen molar-refractivity contribution >= 4 is 65.6 Å². The first kappa shape index (κ1) is 35.3.